The molecule has 2 aromatic rings. The van der Waals surface area contributed by atoms with Crippen LogP contribution < -0.4 is 5.32 Å². The molecule has 0 spiro atoms. The van der Waals surface area contributed by atoms with E-state index >= 15 is 0 Å². The molecule has 24 heavy (non-hydrogen) atoms. The molecule has 1 aromatic heterocycles. The van der Waals surface area contributed by atoms with E-state index in [-0.39, 0.29) is 6.54 Å². The third-order valence-corrected chi connectivity index (χ3v) is 5.84. The minimum absolute atomic E-state index is 0.178. The van der Waals surface area contributed by atoms with Crippen molar-refractivity contribution in [2.75, 3.05) is 11.9 Å². The molecule has 1 atom stereocenters. The van der Waals surface area contributed by atoms with Crippen LogP contribution in [0.4, 0.5) is 10.2 Å². The van der Waals surface area contributed by atoms with Gasteiger partial charge in [0.1, 0.15) is 16.8 Å². The molecule has 2 heterocycles. The summed E-state index contributed by atoms with van der Waals surface area (Å²) < 4.78 is 41.9. The maximum Gasteiger partial charge on any atom is 0.246 e. The lowest BCUT2D eigenvalue weighted by Crippen LogP contribution is -2.43. The van der Waals surface area contributed by atoms with Crippen LogP contribution in [0.5, 0.6) is 0 Å². The Kier molecular flexibility index (Phi) is 4.37. The highest BCUT2D eigenvalue weighted by Crippen LogP contribution is 2.28. The lowest BCUT2D eigenvalue weighted by Gasteiger charge is -2.23. The Morgan fingerprint density at radius 1 is 1.33 bits per heavy atom. The summed E-state index contributed by atoms with van der Waals surface area (Å²) in [5.41, 5.74) is 0. The lowest BCUT2D eigenvalue weighted by atomic mass is 10.2. The van der Waals surface area contributed by atoms with Gasteiger partial charge in [0.05, 0.1) is 0 Å². The van der Waals surface area contributed by atoms with Gasteiger partial charge < -0.3 is 5.32 Å². The first-order valence-electron chi connectivity index (χ1n) is 7.46. The number of aryl methyl sites for hydroxylation is 1. The average Bonchev–Trinajstić information content (AvgIpc) is 3.17. The Bertz CT molecular complexity index is 865. The maximum atomic E-state index is 13.9. The fourth-order valence-electron chi connectivity index (χ4n) is 2.76. The molecule has 0 bridgehead atoms. The van der Waals surface area contributed by atoms with Gasteiger partial charge in [-0.05, 0) is 25.0 Å². The highest BCUT2D eigenvalue weighted by atomic mass is 32.2. The number of hydrogen-bond donors (Lipinski definition) is 1. The molecular formula is C15H17FN4O3S. The van der Waals surface area contributed by atoms with Gasteiger partial charge in [0.2, 0.25) is 15.9 Å². The summed E-state index contributed by atoms with van der Waals surface area (Å²) in [5, 5.41) is 6.64. The molecule has 1 amide bonds. The second-order valence-electron chi connectivity index (χ2n) is 5.57. The predicted octanol–water partition coefficient (Wildman–Crippen LogP) is 1.35. The fourth-order valence-corrected chi connectivity index (χ4v) is 4.48. The van der Waals surface area contributed by atoms with Crippen LogP contribution in [0.1, 0.15) is 12.8 Å². The van der Waals surface area contributed by atoms with Gasteiger partial charge in [-0.3, -0.25) is 9.48 Å². The highest BCUT2D eigenvalue weighted by Gasteiger charge is 2.40. The van der Waals surface area contributed by atoms with Crippen LogP contribution in [0.25, 0.3) is 0 Å². The molecule has 7 nitrogen and oxygen atoms in total. The summed E-state index contributed by atoms with van der Waals surface area (Å²) in [5.74, 6) is -0.947. The summed E-state index contributed by atoms with van der Waals surface area (Å²) in [4.78, 5) is 12.0. The number of nitrogens with one attached hydrogen (secondary N) is 1. The van der Waals surface area contributed by atoms with Gasteiger partial charge in [-0.2, -0.15) is 9.40 Å². The molecule has 1 aliphatic rings. The highest BCUT2D eigenvalue weighted by molar-refractivity contribution is 7.89. The number of anilines is 1. The van der Waals surface area contributed by atoms with Crippen LogP contribution >= 0.6 is 0 Å². The van der Waals surface area contributed by atoms with E-state index in [9.17, 15) is 17.6 Å². The number of benzene rings is 1. The molecule has 1 saturated heterocycles. The third kappa shape index (κ3) is 3.04. The standard InChI is InChI=1S/C15H17FN4O3S/c1-19-10-8-14(18-19)17-15(21)12-6-4-9-20(12)24(22,23)13-7-3-2-5-11(13)16/h2-3,5,7-8,10,12H,4,6,9H2,1H3,(H,17,18,21). The Labute approximate surface area is 139 Å². The lowest BCUT2D eigenvalue weighted by molar-refractivity contribution is -0.119. The molecule has 9 heteroatoms. The number of hydrogen-bond acceptors (Lipinski definition) is 4. The average molecular weight is 352 g/mol. The molecule has 1 fully saturated rings. The number of carbonyl (C=O) groups is 1. The van der Waals surface area contributed by atoms with Crippen molar-refractivity contribution in [2.45, 2.75) is 23.8 Å². The molecule has 1 aromatic carbocycles. The van der Waals surface area contributed by atoms with Gasteiger partial charge in [0, 0.05) is 25.9 Å². The first-order valence-corrected chi connectivity index (χ1v) is 8.90. The van der Waals surface area contributed by atoms with Gasteiger partial charge in [-0.1, -0.05) is 12.1 Å². The maximum absolute atomic E-state index is 13.9. The fraction of sp³-hybridized carbons (Fsp3) is 0.333. The first kappa shape index (κ1) is 16.6. The van der Waals surface area contributed by atoms with E-state index in [0.29, 0.717) is 18.7 Å². The molecule has 1 N–H and O–H groups in total. The van der Waals surface area contributed by atoms with Crippen molar-refractivity contribution in [1.29, 1.82) is 0 Å². The molecule has 128 valence electrons. The van der Waals surface area contributed by atoms with Gasteiger partial charge in [0.15, 0.2) is 5.82 Å². The number of rotatable bonds is 4. The molecule has 1 aliphatic heterocycles. The first-order chi connectivity index (χ1) is 11.4. The van der Waals surface area contributed by atoms with Crippen molar-refractivity contribution in [3.63, 3.8) is 0 Å². The molecule has 0 aliphatic carbocycles. The number of nitrogens with zero attached hydrogens (tertiary/aromatic N) is 3. The number of amides is 1. The summed E-state index contributed by atoms with van der Waals surface area (Å²) in [6.07, 6.45) is 2.58. The monoisotopic (exact) mass is 352 g/mol. The van der Waals surface area contributed by atoms with Crippen molar-refractivity contribution >= 4 is 21.7 Å². The van der Waals surface area contributed by atoms with E-state index in [1.807, 2.05) is 0 Å². The Balaban J connectivity index is 1.85. The van der Waals surface area contributed by atoms with Gasteiger partial charge >= 0.3 is 0 Å². The van der Waals surface area contributed by atoms with Crippen LogP contribution in [0.2, 0.25) is 0 Å². The third-order valence-electron chi connectivity index (χ3n) is 3.89. The summed E-state index contributed by atoms with van der Waals surface area (Å²) in [6, 6.07) is 5.90. The Morgan fingerprint density at radius 2 is 2.08 bits per heavy atom. The normalized spacial score (nSPS) is 18.7. The summed E-state index contributed by atoms with van der Waals surface area (Å²) in [7, 11) is -2.37. The predicted molar refractivity (Wildman–Crippen MR) is 85.2 cm³/mol. The van der Waals surface area contributed by atoms with E-state index in [1.165, 1.54) is 22.9 Å². The molecule has 0 radical (unpaired) electrons. The van der Waals surface area contributed by atoms with Crippen LogP contribution in [0.3, 0.4) is 0 Å². The molecule has 0 saturated carbocycles. The van der Waals surface area contributed by atoms with Crippen LogP contribution in [-0.2, 0) is 21.9 Å². The molecule has 1 unspecified atom stereocenters. The zero-order chi connectivity index (χ0) is 17.3. The van der Waals surface area contributed by atoms with Crippen LogP contribution in [-0.4, -0.2) is 41.0 Å². The van der Waals surface area contributed by atoms with Crippen LogP contribution in [0.15, 0.2) is 41.4 Å². The molecular weight excluding hydrogens is 335 g/mol. The zero-order valence-corrected chi connectivity index (χ0v) is 13.8. The van der Waals surface area contributed by atoms with E-state index in [2.05, 4.69) is 10.4 Å². The second-order valence-corrected chi connectivity index (χ2v) is 7.43. The van der Waals surface area contributed by atoms with E-state index in [0.717, 1.165) is 10.4 Å². The van der Waals surface area contributed by atoms with E-state index in [1.54, 1.807) is 19.3 Å². The smallest absolute Gasteiger partial charge is 0.246 e. The number of halogens is 1. The number of sulfonamides is 1. The minimum atomic E-state index is -4.08. The van der Waals surface area contributed by atoms with Crippen molar-refractivity contribution in [3.8, 4) is 0 Å². The summed E-state index contributed by atoms with van der Waals surface area (Å²) >= 11 is 0. The SMILES string of the molecule is Cn1ccc(NC(=O)C2CCCN2S(=O)(=O)c2ccccc2F)n1. The van der Waals surface area contributed by atoms with E-state index < -0.39 is 32.7 Å². The Morgan fingerprint density at radius 3 is 2.75 bits per heavy atom. The van der Waals surface area contributed by atoms with Gasteiger partial charge in [-0.25, -0.2) is 12.8 Å². The zero-order valence-electron chi connectivity index (χ0n) is 13.0. The molecule has 3 rings (SSSR count). The second kappa shape index (κ2) is 6.33. The van der Waals surface area contributed by atoms with E-state index in [4.69, 9.17) is 0 Å². The number of carbonyl (C=O) groups excluding carboxylic acids is 1. The summed E-state index contributed by atoms with van der Waals surface area (Å²) in [6.45, 7) is 0.178. The quantitative estimate of drug-likeness (QED) is 0.900. The van der Waals surface area contributed by atoms with Crippen molar-refractivity contribution in [3.05, 3.63) is 42.3 Å². The van der Waals surface area contributed by atoms with Crippen molar-refractivity contribution in [1.82, 2.24) is 14.1 Å². The largest absolute Gasteiger partial charge is 0.308 e. The minimum Gasteiger partial charge on any atom is -0.308 e. The topological polar surface area (TPSA) is 84.3 Å². The van der Waals surface area contributed by atoms with Crippen LogP contribution in [0, 0.1) is 5.82 Å². The van der Waals surface area contributed by atoms with Crippen molar-refractivity contribution in [2.24, 2.45) is 7.05 Å². The van der Waals surface area contributed by atoms with Gasteiger partial charge in [0.25, 0.3) is 0 Å². The van der Waals surface area contributed by atoms with Gasteiger partial charge in [-0.15, -0.1) is 0 Å². The van der Waals surface area contributed by atoms with Crippen molar-refractivity contribution < 1.29 is 17.6 Å². The Hall–Kier alpha value is -2.26. The number of aromatic nitrogens is 2.